The van der Waals surface area contributed by atoms with Crippen molar-refractivity contribution in [1.29, 1.82) is 0 Å². The number of hydrogen-bond acceptors (Lipinski definition) is 4. The average molecular weight is 266 g/mol. The summed E-state index contributed by atoms with van der Waals surface area (Å²) < 4.78 is 5.23. The summed E-state index contributed by atoms with van der Waals surface area (Å²) in [5, 5.41) is 5.43. The van der Waals surface area contributed by atoms with Crippen LogP contribution in [0.2, 0.25) is 0 Å². The van der Waals surface area contributed by atoms with Crippen LogP contribution in [0.3, 0.4) is 0 Å². The van der Waals surface area contributed by atoms with E-state index >= 15 is 0 Å². The van der Waals surface area contributed by atoms with E-state index in [1.165, 1.54) is 17.8 Å². The zero-order chi connectivity index (χ0) is 12.5. The topological polar surface area (TPSA) is 41.6 Å². The van der Waals surface area contributed by atoms with Crippen molar-refractivity contribution in [2.24, 2.45) is 5.92 Å². The molecule has 2 aliphatic rings. The van der Waals surface area contributed by atoms with Gasteiger partial charge in [0.25, 0.3) is 5.91 Å². The molecule has 0 radical (unpaired) electrons. The van der Waals surface area contributed by atoms with Gasteiger partial charge >= 0.3 is 0 Å². The van der Waals surface area contributed by atoms with Crippen molar-refractivity contribution in [2.75, 3.05) is 26.7 Å². The summed E-state index contributed by atoms with van der Waals surface area (Å²) in [4.78, 5) is 15.2. The van der Waals surface area contributed by atoms with Crippen LogP contribution in [0.1, 0.15) is 22.5 Å². The van der Waals surface area contributed by atoms with Crippen LogP contribution in [0.15, 0.2) is 11.4 Å². The van der Waals surface area contributed by atoms with E-state index in [-0.39, 0.29) is 5.91 Å². The Kier molecular flexibility index (Phi) is 3.26. The van der Waals surface area contributed by atoms with Crippen LogP contribution >= 0.6 is 11.3 Å². The lowest BCUT2D eigenvalue weighted by atomic mass is 9.93. The number of nitrogens with one attached hydrogen (secondary N) is 1. The molecule has 0 bridgehead atoms. The second kappa shape index (κ2) is 4.90. The molecule has 0 aliphatic carbocycles. The molecule has 3 heterocycles. The van der Waals surface area contributed by atoms with Crippen LogP contribution in [0.25, 0.3) is 0 Å². The van der Waals surface area contributed by atoms with Crippen molar-refractivity contribution >= 4 is 17.2 Å². The quantitative estimate of drug-likeness (QED) is 0.883. The molecule has 1 aromatic heterocycles. The first-order valence-corrected chi connectivity index (χ1v) is 7.31. The first-order chi connectivity index (χ1) is 8.79. The maximum absolute atomic E-state index is 12.5. The summed E-state index contributed by atoms with van der Waals surface area (Å²) >= 11 is 1.47. The summed E-state index contributed by atoms with van der Waals surface area (Å²) in [5.41, 5.74) is 0. The zero-order valence-corrected chi connectivity index (χ0v) is 11.3. The van der Waals surface area contributed by atoms with Gasteiger partial charge in [-0.25, -0.2) is 0 Å². The first-order valence-electron chi connectivity index (χ1n) is 6.43. The molecule has 0 aromatic carbocycles. The molecule has 4 nitrogen and oxygen atoms in total. The van der Waals surface area contributed by atoms with E-state index in [1.54, 1.807) is 7.11 Å². The van der Waals surface area contributed by atoms with E-state index in [2.05, 4.69) is 5.32 Å². The van der Waals surface area contributed by atoms with Gasteiger partial charge in [0.05, 0.1) is 7.11 Å². The molecule has 2 atom stereocenters. The molecule has 2 fully saturated rings. The molecule has 0 saturated carbocycles. The fourth-order valence-electron chi connectivity index (χ4n) is 2.99. The highest BCUT2D eigenvalue weighted by atomic mass is 32.1. The number of ether oxygens (including phenoxy) is 1. The summed E-state index contributed by atoms with van der Waals surface area (Å²) in [6.07, 6.45) is 2.26. The third kappa shape index (κ3) is 2.01. The number of carbonyl (C=O) groups excluding carboxylic acids is 1. The second-order valence-corrected chi connectivity index (χ2v) is 5.88. The van der Waals surface area contributed by atoms with Gasteiger partial charge in [-0.05, 0) is 36.8 Å². The number of nitrogens with zero attached hydrogens (tertiary/aromatic N) is 1. The Labute approximate surface area is 111 Å². The number of thiophene rings is 1. The highest BCUT2D eigenvalue weighted by Crippen LogP contribution is 2.30. The molecule has 1 aromatic rings. The van der Waals surface area contributed by atoms with Crippen molar-refractivity contribution in [3.63, 3.8) is 0 Å². The predicted molar refractivity (Wildman–Crippen MR) is 71.3 cm³/mol. The Morgan fingerprint density at radius 1 is 1.56 bits per heavy atom. The van der Waals surface area contributed by atoms with Gasteiger partial charge in [-0.15, -0.1) is 11.3 Å². The lowest BCUT2D eigenvalue weighted by molar-refractivity contribution is 0.0664. The van der Waals surface area contributed by atoms with E-state index in [0.717, 1.165) is 30.9 Å². The van der Waals surface area contributed by atoms with Gasteiger partial charge in [0.1, 0.15) is 10.6 Å². The minimum atomic E-state index is 0.132. The number of piperidine rings is 1. The van der Waals surface area contributed by atoms with Gasteiger partial charge < -0.3 is 15.0 Å². The lowest BCUT2D eigenvalue weighted by Gasteiger charge is -2.34. The molecular weight excluding hydrogens is 248 g/mol. The molecule has 18 heavy (non-hydrogen) atoms. The predicted octanol–water partition coefficient (Wildman–Crippen LogP) is 1.58. The van der Waals surface area contributed by atoms with Crippen LogP contribution in [0.5, 0.6) is 5.75 Å². The van der Waals surface area contributed by atoms with Crippen molar-refractivity contribution in [3.05, 3.63) is 16.3 Å². The molecular formula is C13H18N2O2S. The van der Waals surface area contributed by atoms with Gasteiger partial charge in [-0.2, -0.15) is 0 Å². The standard InChI is InChI=1S/C13H18N2O2S/c1-17-11-4-7-18-12(11)13(16)15-6-3-10-9(8-15)2-5-14-10/h4,7,9-10,14H,2-3,5-6,8H2,1H3. The van der Waals surface area contributed by atoms with E-state index in [9.17, 15) is 4.79 Å². The third-order valence-corrected chi connectivity index (χ3v) is 4.87. The molecule has 1 N–H and O–H groups in total. The largest absolute Gasteiger partial charge is 0.495 e. The van der Waals surface area contributed by atoms with Gasteiger partial charge in [-0.3, -0.25) is 4.79 Å². The van der Waals surface area contributed by atoms with Crippen LogP contribution in [-0.2, 0) is 0 Å². The number of amides is 1. The number of methoxy groups -OCH3 is 1. The summed E-state index contributed by atoms with van der Waals surface area (Å²) in [6.45, 7) is 2.84. The van der Waals surface area contributed by atoms with Crippen molar-refractivity contribution in [2.45, 2.75) is 18.9 Å². The molecule has 5 heteroatoms. The molecule has 98 valence electrons. The van der Waals surface area contributed by atoms with Gasteiger partial charge in [0.15, 0.2) is 0 Å². The van der Waals surface area contributed by atoms with Gasteiger partial charge in [-0.1, -0.05) is 0 Å². The fourth-order valence-corrected chi connectivity index (χ4v) is 3.81. The Hall–Kier alpha value is -1.07. The summed E-state index contributed by atoms with van der Waals surface area (Å²) in [6, 6.07) is 2.49. The van der Waals surface area contributed by atoms with Gasteiger partial charge in [0.2, 0.25) is 0 Å². The van der Waals surface area contributed by atoms with Crippen LogP contribution in [0, 0.1) is 5.92 Å². The second-order valence-electron chi connectivity index (χ2n) is 4.97. The first kappa shape index (κ1) is 12.0. The number of likely N-dealkylation sites (tertiary alicyclic amines) is 1. The van der Waals surface area contributed by atoms with E-state index < -0.39 is 0 Å². The maximum Gasteiger partial charge on any atom is 0.267 e. The Morgan fingerprint density at radius 3 is 3.28 bits per heavy atom. The van der Waals surface area contributed by atoms with E-state index in [4.69, 9.17) is 4.74 Å². The summed E-state index contributed by atoms with van der Waals surface area (Å²) in [5.74, 6) is 1.47. The highest BCUT2D eigenvalue weighted by molar-refractivity contribution is 7.12. The van der Waals surface area contributed by atoms with Crippen molar-refractivity contribution in [1.82, 2.24) is 10.2 Å². The third-order valence-electron chi connectivity index (χ3n) is 3.99. The Balaban J connectivity index is 1.73. The maximum atomic E-state index is 12.5. The molecule has 3 rings (SSSR count). The van der Waals surface area contributed by atoms with E-state index in [1.807, 2.05) is 16.3 Å². The SMILES string of the molecule is COc1ccsc1C(=O)N1CCC2NCCC2C1. The Morgan fingerprint density at radius 2 is 2.44 bits per heavy atom. The van der Waals surface area contributed by atoms with Crippen LogP contribution in [-0.4, -0.2) is 43.6 Å². The lowest BCUT2D eigenvalue weighted by Crippen LogP contribution is -2.46. The van der Waals surface area contributed by atoms with Crippen molar-refractivity contribution in [3.8, 4) is 5.75 Å². The number of carbonyl (C=O) groups is 1. The average Bonchev–Trinajstić information content (AvgIpc) is 3.05. The van der Waals surface area contributed by atoms with Crippen LogP contribution in [0.4, 0.5) is 0 Å². The normalized spacial score (nSPS) is 27.1. The molecule has 0 spiro atoms. The molecule has 2 saturated heterocycles. The highest BCUT2D eigenvalue weighted by Gasteiger charge is 2.35. The minimum Gasteiger partial charge on any atom is -0.495 e. The monoisotopic (exact) mass is 266 g/mol. The van der Waals surface area contributed by atoms with Gasteiger partial charge in [0, 0.05) is 19.1 Å². The number of rotatable bonds is 2. The number of hydrogen-bond donors (Lipinski definition) is 1. The van der Waals surface area contributed by atoms with E-state index in [0.29, 0.717) is 17.7 Å². The fraction of sp³-hybridized carbons (Fsp3) is 0.615. The zero-order valence-electron chi connectivity index (χ0n) is 10.5. The Bertz CT molecular complexity index is 446. The molecule has 1 amide bonds. The molecule has 2 aliphatic heterocycles. The number of fused-ring (bicyclic) bond motifs is 1. The van der Waals surface area contributed by atoms with Crippen molar-refractivity contribution < 1.29 is 9.53 Å². The summed E-state index contributed by atoms with van der Waals surface area (Å²) in [7, 11) is 1.62. The minimum absolute atomic E-state index is 0.132. The van der Waals surface area contributed by atoms with Crippen LogP contribution < -0.4 is 10.1 Å². The molecule has 2 unspecified atom stereocenters. The smallest absolute Gasteiger partial charge is 0.267 e.